The third kappa shape index (κ3) is 7.28. The van der Waals surface area contributed by atoms with E-state index in [1.54, 1.807) is 0 Å². The number of carbonyl (C=O) groups excluding carboxylic acids is 1. The van der Waals surface area contributed by atoms with Gasteiger partial charge in [-0.1, -0.05) is 19.3 Å². The molecule has 0 bridgehead atoms. The van der Waals surface area contributed by atoms with Crippen LogP contribution in [0, 0.1) is 0 Å². The van der Waals surface area contributed by atoms with Crippen molar-refractivity contribution in [3.05, 3.63) is 0 Å². The number of aliphatic carboxylic acids is 1. The summed E-state index contributed by atoms with van der Waals surface area (Å²) in [5.74, 6) is -0.934. The van der Waals surface area contributed by atoms with Gasteiger partial charge in [-0.25, -0.2) is 17.9 Å². The van der Waals surface area contributed by atoms with Gasteiger partial charge in [0, 0.05) is 13.1 Å². The zero-order valence-electron chi connectivity index (χ0n) is 12.1. The van der Waals surface area contributed by atoms with Gasteiger partial charge in [-0.15, -0.1) is 0 Å². The van der Waals surface area contributed by atoms with Crippen LogP contribution in [-0.4, -0.2) is 50.4 Å². The molecule has 1 saturated carbocycles. The summed E-state index contributed by atoms with van der Waals surface area (Å²) in [7, 11) is -3.28. The second-order valence-electron chi connectivity index (χ2n) is 5.46. The number of hydrogen-bond acceptors (Lipinski definition) is 4. The molecule has 0 aliphatic heterocycles. The number of amides is 2. The molecule has 0 spiro atoms. The molecule has 21 heavy (non-hydrogen) atoms. The molecule has 0 aromatic rings. The topological polar surface area (TPSA) is 125 Å². The third-order valence-corrected chi connectivity index (χ3v) is 4.18. The first-order valence-electron chi connectivity index (χ1n) is 6.95. The number of carbonyl (C=O) groups is 2. The van der Waals surface area contributed by atoms with Crippen LogP contribution in [0.1, 0.15) is 38.5 Å². The molecular formula is C12H23N3O5S. The molecule has 0 unspecified atom stereocenters. The maximum atomic E-state index is 11.8. The van der Waals surface area contributed by atoms with Crippen LogP contribution in [0.3, 0.4) is 0 Å². The van der Waals surface area contributed by atoms with E-state index in [-0.39, 0.29) is 19.5 Å². The standard InChI is InChI=1S/C12H23N3O5S/c1-21(19,20)14-8-7-13-11(18)15-12(9-10(16)17)5-3-2-4-6-12/h14H,2-9H2,1H3,(H,16,17)(H2,13,15,18). The number of urea groups is 1. The SMILES string of the molecule is CS(=O)(=O)NCCNC(=O)NC1(CC(=O)O)CCCCC1. The van der Waals surface area contributed by atoms with E-state index < -0.39 is 27.6 Å². The Bertz CT molecular complexity index is 471. The summed E-state index contributed by atoms with van der Waals surface area (Å²) in [4.78, 5) is 22.8. The van der Waals surface area contributed by atoms with Crippen molar-refractivity contribution in [2.75, 3.05) is 19.3 Å². The van der Waals surface area contributed by atoms with Crippen molar-refractivity contribution in [1.29, 1.82) is 0 Å². The maximum Gasteiger partial charge on any atom is 0.315 e. The molecular weight excluding hydrogens is 298 g/mol. The fourth-order valence-electron chi connectivity index (χ4n) is 2.56. The molecule has 4 N–H and O–H groups in total. The Hall–Kier alpha value is -1.35. The number of nitrogens with one attached hydrogen (secondary N) is 3. The van der Waals surface area contributed by atoms with Gasteiger partial charge in [0.25, 0.3) is 0 Å². The molecule has 0 aromatic carbocycles. The Morgan fingerprint density at radius 1 is 1.14 bits per heavy atom. The van der Waals surface area contributed by atoms with Crippen LogP contribution in [0.4, 0.5) is 4.79 Å². The van der Waals surface area contributed by atoms with Crippen LogP contribution in [-0.2, 0) is 14.8 Å². The Morgan fingerprint density at radius 3 is 2.29 bits per heavy atom. The lowest BCUT2D eigenvalue weighted by Gasteiger charge is -2.36. The van der Waals surface area contributed by atoms with Gasteiger partial charge in [-0.3, -0.25) is 4.79 Å². The predicted octanol–water partition coefficient (Wildman–Crippen LogP) is 0.0124. The molecule has 1 aliphatic rings. The quantitative estimate of drug-likeness (QED) is 0.492. The summed E-state index contributed by atoms with van der Waals surface area (Å²) in [6.45, 7) is 0.236. The van der Waals surface area contributed by atoms with Crippen LogP contribution in [0.15, 0.2) is 0 Å². The van der Waals surface area contributed by atoms with E-state index in [1.165, 1.54) is 0 Å². The van der Waals surface area contributed by atoms with Crippen molar-refractivity contribution < 1.29 is 23.1 Å². The van der Waals surface area contributed by atoms with E-state index in [4.69, 9.17) is 5.11 Å². The van der Waals surface area contributed by atoms with Crippen molar-refractivity contribution >= 4 is 22.0 Å². The molecule has 0 saturated heterocycles. The second-order valence-corrected chi connectivity index (χ2v) is 7.29. The number of sulfonamides is 1. The molecule has 0 heterocycles. The van der Waals surface area contributed by atoms with Crippen LogP contribution in [0.2, 0.25) is 0 Å². The van der Waals surface area contributed by atoms with Gasteiger partial charge in [-0.05, 0) is 12.8 Å². The first kappa shape index (κ1) is 17.7. The van der Waals surface area contributed by atoms with Gasteiger partial charge < -0.3 is 15.7 Å². The van der Waals surface area contributed by atoms with E-state index in [0.717, 1.165) is 25.5 Å². The fourth-order valence-corrected chi connectivity index (χ4v) is 3.03. The van der Waals surface area contributed by atoms with Gasteiger partial charge in [0.1, 0.15) is 0 Å². The van der Waals surface area contributed by atoms with E-state index >= 15 is 0 Å². The molecule has 0 radical (unpaired) electrons. The fraction of sp³-hybridized carbons (Fsp3) is 0.833. The highest BCUT2D eigenvalue weighted by molar-refractivity contribution is 7.88. The average Bonchev–Trinajstić information content (AvgIpc) is 2.33. The minimum atomic E-state index is -3.28. The van der Waals surface area contributed by atoms with E-state index in [1.807, 2.05) is 0 Å². The number of hydrogen-bond donors (Lipinski definition) is 4. The summed E-state index contributed by atoms with van der Waals surface area (Å²) in [6.07, 6.45) is 5.07. The Morgan fingerprint density at radius 2 is 1.76 bits per heavy atom. The van der Waals surface area contributed by atoms with Crippen LogP contribution < -0.4 is 15.4 Å². The number of carboxylic acid groups (broad SMARTS) is 1. The van der Waals surface area contributed by atoms with Crippen molar-refractivity contribution in [3.8, 4) is 0 Å². The lowest BCUT2D eigenvalue weighted by Crippen LogP contribution is -2.54. The third-order valence-electron chi connectivity index (χ3n) is 3.45. The molecule has 1 aliphatic carbocycles. The first-order valence-corrected chi connectivity index (χ1v) is 8.84. The Kier molecular flexibility index (Phi) is 6.41. The molecule has 122 valence electrons. The van der Waals surface area contributed by atoms with Crippen molar-refractivity contribution in [1.82, 2.24) is 15.4 Å². The number of carboxylic acids is 1. The monoisotopic (exact) mass is 321 g/mol. The average molecular weight is 321 g/mol. The largest absolute Gasteiger partial charge is 0.481 e. The highest BCUT2D eigenvalue weighted by atomic mass is 32.2. The highest BCUT2D eigenvalue weighted by Gasteiger charge is 2.35. The Labute approximate surface area is 124 Å². The molecule has 2 amide bonds. The van der Waals surface area contributed by atoms with Gasteiger partial charge in [-0.2, -0.15) is 0 Å². The molecule has 9 heteroatoms. The van der Waals surface area contributed by atoms with Gasteiger partial charge in [0.2, 0.25) is 10.0 Å². The van der Waals surface area contributed by atoms with Gasteiger partial charge >= 0.3 is 12.0 Å². The smallest absolute Gasteiger partial charge is 0.315 e. The zero-order chi connectivity index (χ0) is 15.9. The molecule has 8 nitrogen and oxygen atoms in total. The molecule has 1 rings (SSSR count). The lowest BCUT2D eigenvalue weighted by atomic mass is 9.79. The Balaban J connectivity index is 2.43. The normalized spacial score (nSPS) is 18.0. The predicted molar refractivity (Wildman–Crippen MR) is 77.4 cm³/mol. The summed E-state index contributed by atoms with van der Waals surface area (Å²) < 4.78 is 24.0. The maximum absolute atomic E-state index is 11.8. The van der Waals surface area contributed by atoms with E-state index in [9.17, 15) is 18.0 Å². The van der Waals surface area contributed by atoms with Crippen LogP contribution >= 0.6 is 0 Å². The zero-order valence-corrected chi connectivity index (χ0v) is 13.0. The first-order chi connectivity index (χ1) is 9.72. The van der Waals surface area contributed by atoms with Crippen LogP contribution in [0.25, 0.3) is 0 Å². The van der Waals surface area contributed by atoms with E-state index in [2.05, 4.69) is 15.4 Å². The van der Waals surface area contributed by atoms with Gasteiger partial charge in [0.15, 0.2) is 0 Å². The lowest BCUT2D eigenvalue weighted by molar-refractivity contribution is -0.139. The minimum absolute atomic E-state index is 0.0952. The molecule has 1 fully saturated rings. The van der Waals surface area contributed by atoms with Gasteiger partial charge in [0.05, 0.1) is 18.2 Å². The summed E-state index contributed by atoms with van der Waals surface area (Å²) in [5.41, 5.74) is -0.696. The summed E-state index contributed by atoms with van der Waals surface area (Å²) in [5, 5.41) is 14.3. The molecule has 0 atom stereocenters. The molecule has 0 aromatic heterocycles. The van der Waals surface area contributed by atoms with Crippen LogP contribution in [0.5, 0.6) is 0 Å². The highest BCUT2D eigenvalue weighted by Crippen LogP contribution is 2.31. The minimum Gasteiger partial charge on any atom is -0.481 e. The summed E-state index contributed by atoms with van der Waals surface area (Å²) in [6, 6.07) is -0.464. The van der Waals surface area contributed by atoms with E-state index in [0.29, 0.717) is 12.8 Å². The second kappa shape index (κ2) is 7.60. The van der Waals surface area contributed by atoms with Crippen molar-refractivity contribution in [3.63, 3.8) is 0 Å². The summed E-state index contributed by atoms with van der Waals surface area (Å²) >= 11 is 0. The van der Waals surface area contributed by atoms with Crippen molar-refractivity contribution in [2.45, 2.75) is 44.1 Å². The number of rotatable bonds is 7. The van der Waals surface area contributed by atoms with Crippen molar-refractivity contribution in [2.24, 2.45) is 0 Å².